The average Bonchev–Trinajstić information content (AvgIpc) is 3.24. The molecule has 5 nitrogen and oxygen atoms in total. The maximum atomic E-state index is 12.2. The van der Waals surface area contributed by atoms with Crippen LogP contribution in [0.1, 0.15) is 22.3 Å². The lowest BCUT2D eigenvalue weighted by molar-refractivity contribution is 0.100. The number of amides is 1. The summed E-state index contributed by atoms with van der Waals surface area (Å²) in [6.45, 7) is 2.82. The van der Waals surface area contributed by atoms with Gasteiger partial charge < -0.3 is 16.4 Å². The number of benzene rings is 3. The summed E-state index contributed by atoms with van der Waals surface area (Å²) in [5, 5.41) is 0. The molecule has 0 aromatic heterocycles. The zero-order valence-corrected chi connectivity index (χ0v) is 18.2. The van der Waals surface area contributed by atoms with E-state index in [1.807, 2.05) is 42.5 Å². The fraction of sp³-hybridized carbons (Fsp3) is 0.269. The third kappa shape index (κ3) is 4.48. The van der Waals surface area contributed by atoms with Crippen molar-refractivity contribution < 1.29 is 4.79 Å². The van der Waals surface area contributed by atoms with Crippen LogP contribution in [0.3, 0.4) is 0 Å². The van der Waals surface area contributed by atoms with Gasteiger partial charge in [0.1, 0.15) is 0 Å². The molecule has 1 atom stereocenters. The Kier molecular flexibility index (Phi) is 6.07. The summed E-state index contributed by atoms with van der Waals surface area (Å²) in [6.07, 6.45) is 1.15. The average molecular weight is 415 g/mol. The highest BCUT2D eigenvalue weighted by atomic mass is 16.1. The second kappa shape index (κ2) is 8.92. The van der Waals surface area contributed by atoms with Gasteiger partial charge in [0.25, 0.3) is 0 Å². The van der Waals surface area contributed by atoms with Crippen LogP contribution in [0, 0.1) is 0 Å². The molecular formula is C26H30N4O. The van der Waals surface area contributed by atoms with Crippen LogP contribution in [0.25, 0.3) is 22.3 Å². The van der Waals surface area contributed by atoms with E-state index >= 15 is 0 Å². The smallest absolute Gasteiger partial charge is 0.249 e. The molecule has 1 aliphatic heterocycles. The van der Waals surface area contributed by atoms with Gasteiger partial charge in [0, 0.05) is 42.5 Å². The molecular weight excluding hydrogens is 384 g/mol. The Balaban J connectivity index is 1.72. The first-order chi connectivity index (χ1) is 14.9. The molecule has 0 spiro atoms. The number of anilines is 1. The van der Waals surface area contributed by atoms with Crippen LogP contribution in [0.5, 0.6) is 0 Å². The van der Waals surface area contributed by atoms with E-state index in [2.05, 4.69) is 48.2 Å². The van der Waals surface area contributed by atoms with Gasteiger partial charge in [0.05, 0.1) is 0 Å². The molecule has 1 aliphatic rings. The monoisotopic (exact) mass is 414 g/mol. The second-order valence-electron chi connectivity index (χ2n) is 8.51. The molecule has 0 bridgehead atoms. The van der Waals surface area contributed by atoms with Crippen LogP contribution in [-0.4, -0.2) is 48.9 Å². The van der Waals surface area contributed by atoms with Crippen molar-refractivity contribution in [2.45, 2.75) is 19.0 Å². The summed E-state index contributed by atoms with van der Waals surface area (Å²) in [5.74, 6) is -0.466. The minimum atomic E-state index is -0.466. The molecule has 1 heterocycles. The van der Waals surface area contributed by atoms with E-state index in [0.29, 0.717) is 17.3 Å². The van der Waals surface area contributed by atoms with Crippen LogP contribution in [0.15, 0.2) is 66.7 Å². The van der Waals surface area contributed by atoms with Crippen molar-refractivity contribution in [2.24, 2.45) is 5.73 Å². The highest BCUT2D eigenvalue weighted by Crippen LogP contribution is 2.35. The van der Waals surface area contributed by atoms with E-state index in [1.54, 1.807) is 0 Å². The minimum absolute atomic E-state index is 0.457. The number of hydrogen-bond acceptors (Lipinski definition) is 4. The molecule has 1 amide bonds. The Morgan fingerprint density at radius 1 is 1.00 bits per heavy atom. The van der Waals surface area contributed by atoms with Crippen molar-refractivity contribution in [3.8, 4) is 22.3 Å². The van der Waals surface area contributed by atoms with Gasteiger partial charge in [-0.05, 0) is 54.9 Å². The molecule has 1 unspecified atom stereocenters. The maximum Gasteiger partial charge on any atom is 0.249 e. The van der Waals surface area contributed by atoms with Gasteiger partial charge in [-0.3, -0.25) is 9.69 Å². The van der Waals surface area contributed by atoms with Crippen LogP contribution in [0.2, 0.25) is 0 Å². The van der Waals surface area contributed by atoms with Crippen molar-refractivity contribution in [3.05, 3.63) is 77.9 Å². The number of primary amides is 1. The summed E-state index contributed by atoms with van der Waals surface area (Å²) < 4.78 is 0. The fourth-order valence-electron chi connectivity index (χ4n) is 4.42. The first-order valence-electron chi connectivity index (χ1n) is 10.7. The second-order valence-corrected chi connectivity index (χ2v) is 8.51. The highest BCUT2D eigenvalue weighted by molar-refractivity contribution is 6.03. The molecule has 0 saturated carbocycles. The van der Waals surface area contributed by atoms with Crippen molar-refractivity contribution in [2.75, 3.05) is 32.9 Å². The third-order valence-corrected chi connectivity index (χ3v) is 6.23. The standard InChI is InChI=1S/C26H30N4O/c1-29(2)22-13-14-30(17-22)16-21-11-12-23(26(28)31)24(25(21)27)20-10-6-9-19(15-20)18-7-4-3-5-8-18/h3-12,15,22H,13-14,16-17,27H2,1-2H3,(H2,28,31). The highest BCUT2D eigenvalue weighted by Gasteiger charge is 2.25. The number of nitrogen functional groups attached to an aromatic ring is 1. The van der Waals surface area contributed by atoms with Gasteiger partial charge >= 0.3 is 0 Å². The van der Waals surface area contributed by atoms with Crippen molar-refractivity contribution >= 4 is 11.6 Å². The number of likely N-dealkylation sites (tertiary alicyclic amines) is 1. The molecule has 5 heteroatoms. The quantitative estimate of drug-likeness (QED) is 0.601. The van der Waals surface area contributed by atoms with E-state index in [9.17, 15) is 4.79 Å². The zero-order chi connectivity index (χ0) is 22.0. The number of nitrogens with two attached hydrogens (primary N) is 2. The molecule has 4 rings (SSSR count). The summed E-state index contributed by atoms with van der Waals surface area (Å²) in [4.78, 5) is 16.9. The largest absolute Gasteiger partial charge is 0.398 e. The lowest BCUT2D eigenvalue weighted by atomic mass is 9.92. The molecule has 3 aromatic carbocycles. The molecule has 4 N–H and O–H groups in total. The van der Waals surface area contributed by atoms with E-state index < -0.39 is 5.91 Å². The lowest BCUT2D eigenvalue weighted by Gasteiger charge is -2.22. The van der Waals surface area contributed by atoms with Crippen LogP contribution < -0.4 is 11.5 Å². The van der Waals surface area contributed by atoms with E-state index in [-0.39, 0.29) is 0 Å². The normalized spacial score (nSPS) is 16.7. The SMILES string of the molecule is CN(C)C1CCN(Cc2ccc(C(N)=O)c(-c3cccc(-c4ccccc4)c3)c2N)C1. The Hall–Kier alpha value is -3.15. The Morgan fingerprint density at radius 3 is 2.39 bits per heavy atom. The Morgan fingerprint density at radius 2 is 1.71 bits per heavy atom. The molecule has 31 heavy (non-hydrogen) atoms. The topological polar surface area (TPSA) is 75.6 Å². The maximum absolute atomic E-state index is 12.2. The Labute approximate surface area is 184 Å². The van der Waals surface area contributed by atoms with Crippen LogP contribution in [0.4, 0.5) is 5.69 Å². The third-order valence-electron chi connectivity index (χ3n) is 6.23. The van der Waals surface area contributed by atoms with Gasteiger partial charge in [0.2, 0.25) is 5.91 Å². The first-order valence-corrected chi connectivity index (χ1v) is 10.7. The summed E-state index contributed by atoms with van der Waals surface area (Å²) >= 11 is 0. The van der Waals surface area contributed by atoms with E-state index in [0.717, 1.165) is 53.9 Å². The number of carbonyl (C=O) groups is 1. The number of nitrogens with zero attached hydrogens (tertiary/aromatic N) is 2. The van der Waals surface area contributed by atoms with Crippen molar-refractivity contribution in [1.82, 2.24) is 9.80 Å². The predicted octanol–water partition coefficient (Wildman–Crippen LogP) is 3.84. The fourth-order valence-corrected chi connectivity index (χ4v) is 4.42. The van der Waals surface area contributed by atoms with Crippen LogP contribution in [-0.2, 0) is 6.54 Å². The molecule has 0 aliphatic carbocycles. The predicted molar refractivity (Wildman–Crippen MR) is 128 cm³/mol. The zero-order valence-electron chi connectivity index (χ0n) is 18.2. The Bertz CT molecular complexity index is 1080. The number of likely N-dealkylation sites (N-methyl/N-ethyl adjacent to an activating group) is 1. The first kappa shape index (κ1) is 21.1. The number of hydrogen-bond donors (Lipinski definition) is 2. The molecule has 3 aromatic rings. The van der Waals surface area contributed by atoms with Crippen LogP contribution >= 0.6 is 0 Å². The van der Waals surface area contributed by atoms with Gasteiger partial charge in [-0.1, -0.05) is 54.6 Å². The van der Waals surface area contributed by atoms with Gasteiger partial charge in [-0.25, -0.2) is 0 Å². The van der Waals surface area contributed by atoms with Crippen molar-refractivity contribution in [1.29, 1.82) is 0 Å². The number of carbonyl (C=O) groups excluding carboxylic acids is 1. The van der Waals surface area contributed by atoms with Gasteiger partial charge in [-0.2, -0.15) is 0 Å². The summed E-state index contributed by atoms with van der Waals surface area (Å²) in [7, 11) is 4.25. The summed E-state index contributed by atoms with van der Waals surface area (Å²) in [5.41, 5.74) is 18.3. The van der Waals surface area contributed by atoms with E-state index in [1.165, 1.54) is 0 Å². The van der Waals surface area contributed by atoms with Gasteiger partial charge in [-0.15, -0.1) is 0 Å². The molecule has 1 saturated heterocycles. The number of rotatable bonds is 6. The molecule has 0 radical (unpaired) electrons. The minimum Gasteiger partial charge on any atom is -0.398 e. The molecule has 160 valence electrons. The van der Waals surface area contributed by atoms with Crippen molar-refractivity contribution in [3.63, 3.8) is 0 Å². The van der Waals surface area contributed by atoms with E-state index in [4.69, 9.17) is 11.5 Å². The summed E-state index contributed by atoms with van der Waals surface area (Å²) in [6, 6.07) is 22.6. The molecule has 1 fully saturated rings. The lowest BCUT2D eigenvalue weighted by Crippen LogP contribution is -2.31. The van der Waals surface area contributed by atoms with Gasteiger partial charge in [0.15, 0.2) is 0 Å².